The standard InChI is InChI=1S/C19H19N3O3S2/c1-24-12-8-9-13(16(10-12)25-2)21-19-22-15(11-27-19)18(23)20-14-6-4-5-7-17(14)26-3/h4-11H,1-3H3,(H,20,23)(H,21,22). The van der Waals surface area contributed by atoms with E-state index < -0.39 is 0 Å². The van der Waals surface area contributed by atoms with Gasteiger partial charge in [-0.2, -0.15) is 0 Å². The molecule has 0 saturated carbocycles. The van der Waals surface area contributed by atoms with Gasteiger partial charge in [0.05, 0.1) is 25.6 Å². The van der Waals surface area contributed by atoms with Crippen molar-refractivity contribution in [2.45, 2.75) is 4.90 Å². The van der Waals surface area contributed by atoms with Crippen molar-refractivity contribution in [3.63, 3.8) is 0 Å². The Hall–Kier alpha value is -2.71. The minimum absolute atomic E-state index is 0.248. The molecule has 27 heavy (non-hydrogen) atoms. The number of nitrogens with one attached hydrogen (secondary N) is 2. The maximum Gasteiger partial charge on any atom is 0.275 e. The van der Waals surface area contributed by atoms with Crippen LogP contribution in [-0.4, -0.2) is 31.4 Å². The van der Waals surface area contributed by atoms with Crippen molar-refractivity contribution in [1.82, 2.24) is 4.98 Å². The number of rotatable bonds is 7. The molecule has 0 fully saturated rings. The fraction of sp³-hybridized carbons (Fsp3) is 0.158. The number of amides is 1. The normalized spacial score (nSPS) is 10.3. The summed E-state index contributed by atoms with van der Waals surface area (Å²) in [6, 6.07) is 13.1. The average molecular weight is 402 g/mol. The van der Waals surface area contributed by atoms with Crippen molar-refractivity contribution >= 4 is 45.5 Å². The number of nitrogens with zero attached hydrogens (tertiary/aromatic N) is 1. The first-order valence-electron chi connectivity index (χ1n) is 8.03. The second kappa shape index (κ2) is 8.79. The third-order valence-corrected chi connectivity index (χ3v) is 5.30. The van der Waals surface area contributed by atoms with E-state index in [-0.39, 0.29) is 5.91 Å². The molecule has 8 heteroatoms. The number of ether oxygens (including phenoxy) is 2. The van der Waals surface area contributed by atoms with Crippen molar-refractivity contribution in [2.24, 2.45) is 0 Å². The number of methoxy groups -OCH3 is 2. The molecule has 1 heterocycles. The Kier molecular flexibility index (Phi) is 6.20. The Morgan fingerprint density at radius 2 is 1.93 bits per heavy atom. The molecule has 0 bridgehead atoms. The van der Waals surface area contributed by atoms with Gasteiger partial charge in [0.25, 0.3) is 5.91 Å². The molecule has 140 valence electrons. The minimum Gasteiger partial charge on any atom is -0.497 e. The number of hydrogen-bond donors (Lipinski definition) is 2. The lowest BCUT2D eigenvalue weighted by atomic mass is 10.3. The predicted octanol–water partition coefficient (Wildman–Crippen LogP) is 4.88. The van der Waals surface area contributed by atoms with Gasteiger partial charge in [0.2, 0.25) is 0 Å². The molecule has 1 amide bonds. The summed E-state index contributed by atoms with van der Waals surface area (Å²) in [4.78, 5) is 17.9. The number of hydrogen-bond acceptors (Lipinski definition) is 7. The zero-order valence-corrected chi connectivity index (χ0v) is 16.7. The third kappa shape index (κ3) is 4.53. The molecule has 0 aliphatic heterocycles. The summed E-state index contributed by atoms with van der Waals surface area (Å²) >= 11 is 2.92. The van der Waals surface area contributed by atoms with Gasteiger partial charge < -0.3 is 20.1 Å². The van der Waals surface area contributed by atoms with Gasteiger partial charge >= 0.3 is 0 Å². The highest BCUT2D eigenvalue weighted by Gasteiger charge is 2.14. The molecule has 0 aliphatic rings. The Bertz CT molecular complexity index is 943. The molecule has 3 aromatic rings. The first kappa shape index (κ1) is 19.1. The van der Waals surface area contributed by atoms with E-state index in [1.165, 1.54) is 11.3 Å². The van der Waals surface area contributed by atoms with Gasteiger partial charge in [0, 0.05) is 16.3 Å². The number of thiazole rings is 1. The van der Waals surface area contributed by atoms with E-state index in [4.69, 9.17) is 9.47 Å². The average Bonchev–Trinajstić information content (AvgIpc) is 3.17. The fourth-order valence-corrected chi connectivity index (χ4v) is 3.64. The van der Waals surface area contributed by atoms with Crippen LogP contribution in [0.2, 0.25) is 0 Å². The summed E-state index contributed by atoms with van der Waals surface area (Å²) < 4.78 is 10.6. The molecular formula is C19H19N3O3S2. The second-order valence-corrected chi connectivity index (χ2v) is 7.09. The lowest BCUT2D eigenvalue weighted by Crippen LogP contribution is -2.13. The van der Waals surface area contributed by atoms with E-state index in [2.05, 4.69) is 15.6 Å². The SMILES string of the molecule is COc1ccc(Nc2nc(C(=O)Nc3ccccc3SC)cs2)c(OC)c1. The van der Waals surface area contributed by atoms with Gasteiger partial charge in [-0.05, 0) is 30.5 Å². The number of aromatic nitrogens is 1. The number of thioether (sulfide) groups is 1. The summed E-state index contributed by atoms with van der Waals surface area (Å²) in [5, 5.41) is 8.40. The molecule has 6 nitrogen and oxygen atoms in total. The van der Waals surface area contributed by atoms with Crippen LogP contribution in [0.1, 0.15) is 10.5 Å². The summed E-state index contributed by atoms with van der Waals surface area (Å²) in [7, 11) is 3.19. The zero-order chi connectivity index (χ0) is 19.2. The topological polar surface area (TPSA) is 72.5 Å². The van der Waals surface area contributed by atoms with Crippen molar-refractivity contribution in [1.29, 1.82) is 0 Å². The minimum atomic E-state index is -0.248. The van der Waals surface area contributed by atoms with Crippen LogP contribution < -0.4 is 20.1 Å². The van der Waals surface area contributed by atoms with Crippen LogP contribution >= 0.6 is 23.1 Å². The first-order chi connectivity index (χ1) is 13.1. The van der Waals surface area contributed by atoms with E-state index in [1.54, 1.807) is 37.4 Å². The Balaban J connectivity index is 1.74. The number of para-hydroxylation sites is 1. The van der Waals surface area contributed by atoms with Gasteiger partial charge in [-0.3, -0.25) is 4.79 Å². The highest BCUT2D eigenvalue weighted by Crippen LogP contribution is 2.32. The smallest absolute Gasteiger partial charge is 0.275 e. The van der Waals surface area contributed by atoms with E-state index >= 15 is 0 Å². The Morgan fingerprint density at radius 1 is 1.11 bits per heavy atom. The van der Waals surface area contributed by atoms with Crippen LogP contribution in [0.5, 0.6) is 11.5 Å². The lowest BCUT2D eigenvalue weighted by molar-refractivity contribution is 0.102. The van der Waals surface area contributed by atoms with Crippen molar-refractivity contribution < 1.29 is 14.3 Å². The molecule has 0 atom stereocenters. The van der Waals surface area contributed by atoms with Crippen LogP contribution in [0, 0.1) is 0 Å². The highest BCUT2D eigenvalue weighted by molar-refractivity contribution is 7.98. The third-order valence-electron chi connectivity index (χ3n) is 3.74. The van der Waals surface area contributed by atoms with Gasteiger partial charge in [0.15, 0.2) is 5.13 Å². The highest BCUT2D eigenvalue weighted by atomic mass is 32.2. The first-order valence-corrected chi connectivity index (χ1v) is 10.1. The molecule has 2 N–H and O–H groups in total. The monoisotopic (exact) mass is 401 g/mol. The van der Waals surface area contributed by atoms with Gasteiger partial charge in [-0.1, -0.05) is 12.1 Å². The van der Waals surface area contributed by atoms with Crippen molar-refractivity contribution in [3.8, 4) is 11.5 Å². The van der Waals surface area contributed by atoms with Gasteiger partial charge in [-0.15, -0.1) is 23.1 Å². The van der Waals surface area contributed by atoms with E-state index in [0.29, 0.717) is 22.3 Å². The molecule has 0 aliphatic carbocycles. The second-order valence-electron chi connectivity index (χ2n) is 5.38. The zero-order valence-electron chi connectivity index (χ0n) is 15.1. The van der Waals surface area contributed by atoms with Crippen LogP contribution in [0.25, 0.3) is 0 Å². The van der Waals surface area contributed by atoms with Crippen LogP contribution in [0.15, 0.2) is 52.7 Å². The Labute approximate surface area is 165 Å². The van der Waals surface area contributed by atoms with E-state index in [1.807, 2.05) is 42.7 Å². The molecule has 0 unspecified atom stereocenters. The van der Waals surface area contributed by atoms with E-state index in [9.17, 15) is 4.79 Å². The van der Waals surface area contributed by atoms with Crippen LogP contribution in [0.3, 0.4) is 0 Å². The van der Waals surface area contributed by atoms with E-state index in [0.717, 1.165) is 16.3 Å². The number of carbonyl (C=O) groups excluding carboxylic acids is 1. The summed E-state index contributed by atoms with van der Waals surface area (Å²) in [5.41, 5.74) is 1.87. The number of benzene rings is 2. The van der Waals surface area contributed by atoms with Crippen LogP contribution in [-0.2, 0) is 0 Å². The quantitative estimate of drug-likeness (QED) is 0.550. The molecule has 3 rings (SSSR count). The fourth-order valence-electron chi connectivity index (χ4n) is 2.39. The van der Waals surface area contributed by atoms with Gasteiger partial charge in [0.1, 0.15) is 17.2 Å². The van der Waals surface area contributed by atoms with Crippen LogP contribution in [0.4, 0.5) is 16.5 Å². The summed E-state index contributed by atoms with van der Waals surface area (Å²) in [6.07, 6.45) is 1.97. The molecule has 0 radical (unpaired) electrons. The summed E-state index contributed by atoms with van der Waals surface area (Å²) in [6.45, 7) is 0. The predicted molar refractivity (Wildman–Crippen MR) is 111 cm³/mol. The largest absolute Gasteiger partial charge is 0.497 e. The maximum atomic E-state index is 12.5. The maximum absolute atomic E-state index is 12.5. The molecule has 1 aromatic heterocycles. The summed E-state index contributed by atoms with van der Waals surface area (Å²) in [5.74, 6) is 1.08. The van der Waals surface area contributed by atoms with Crippen molar-refractivity contribution in [3.05, 3.63) is 53.5 Å². The molecular weight excluding hydrogens is 382 g/mol. The Morgan fingerprint density at radius 3 is 2.67 bits per heavy atom. The molecule has 2 aromatic carbocycles. The van der Waals surface area contributed by atoms with Gasteiger partial charge in [-0.25, -0.2) is 4.98 Å². The number of carbonyl (C=O) groups is 1. The molecule has 0 saturated heterocycles. The lowest BCUT2D eigenvalue weighted by Gasteiger charge is -2.10. The number of anilines is 3. The molecule has 0 spiro atoms. The van der Waals surface area contributed by atoms with Crippen molar-refractivity contribution in [2.75, 3.05) is 31.1 Å².